The van der Waals surface area contributed by atoms with Crippen LogP contribution in [0, 0.1) is 6.92 Å². The van der Waals surface area contributed by atoms with E-state index in [4.69, 9.17) is 16.3 Å². The molecule has 20 heavy (non-hydrogen) atoms. The summed E-state index contributed by atoms with van der Waals surface area (Å²) in [5.74, 6) is 0. The van der Waals surface area contributed by atoms with Gasteiger partial charge in [0.1, 0.15) is 6.10 Å². The van der Waals surface area contributed by atoms with Gasteiger partial charge in [-0.05, 0) is 19.9 Å². The Morgan fingerprint density at radius 3 is 2.75 bits per heavy atom. The highest BCUT2D eigenvalue weighted by Crippen LogP contribution is 2.25. The molecule has 1 aromatic heterocycles. The minimum Gasteiger partial charge on any atom is -0.441 e. The molecule has 0 fully saturated rings. The smallest absolute Gasteiger partial charge is 0.412 e. The Labute approximate surface area is 122 Å². The zero-order valence-corrected chi connectivity index (χ0v) is 12.3. The zero-order valence-electron chi connectivity index (χ0n) is 11.6. The molecule has 0 spiro atoms. The van der Waals surface area contributed by atoms with Crippen LogP contribution < -0.4 is 5.32 Å². The molecule has 2 rings (SSSR count). The third-order valence-electron chi connectivity index (χ3n) is 3.10. The average Bonchev–Trinajstić information content (AvgIpc) is 2.71. The molecule has 1 N–H and O–H groups in total. The molecule has 0 saturated heterocycles. The number of aromatic nitrogens is 2. The molecule has 1 aromatic carbocycles. The predicted molar refractivity (Wildman–Crippen MR) is 77.9 cm³/mol. The number of carbonyl (C=O) groups is 1. The minimum absolute atomic E-state index is 0.430. The Morgan fingerprint density at radius 1 is 1.45 bits per heavy atom. The summed E-state index contributed by atoms with van der Waals surface area (Å²) in [5.41, 5.74) is 2.25. The molecule has 1 amide bonds. The number of anilines is 1. The quantitative estimate of drug-likeness (QED) is 0.939. The van der Waals surface area contributed by atoms with Crippen molar-refractivity contribution in [3.63, 3.8) is 0 Å². The van der Waals surface area contributed by atoms with E-state index in [2.05, 4.69) is 10.4 Å². The second-order valence-corrected chi connectivity index (χ2v) is 4.87. The second kappa shape index (κ2) is 5.96. The standard InChI is InChI=1S/C14H16ClN3O2/c1-9-13(8-16-18(9)3)17-14(19)20-10(2)11-6-4-5-7-12(11)15/h4-8,10H,1-3H3,(H,17,19). The van der Waals surface area contributed by atoms with Gasteiger partial charge in [0.2, 0.25) is 0 Å². The lowest BCUT2D eigenvalue weighted by atomic mass is 10.1. The Bertz CT molecular complexity index is 625. The summed E-state index contributed by atoms with van der Waals surface area (Å²) in [6.45, 7) is 3.64. The molecule has 1 heterocycles. The Balaban J connectivity index is 2.02. The first-order chi connectivity index (χ1) is 9.49. The highest BCUT2D eigenvalue weighted by Gasteiger charge is 2.15. The fourth-order valence-electron chi connectivity index (χ4n) is 1.79. The first-order valence-corrected chi connectivity index (χ1v) is 6.57. The number of rotatable bonds is 3. The summed E-state index contributed by atoms with van der Waals surface area (Å²) in [5, 5.41) is 7.28. The zero-order chi connectivity index (χ0) is 14.7. The van der Waals surface area contributed by atoms with Crippen LogP contribution in [0.5, 0.6) is 0 Å². The van der Waals surface area contributed by atoms with Crippen molar-refractivity contribution < 1.29 is 9.53 Å². The lowest BCUT2D eigenvalue weighted by molar-refractivity contribution is 0.121. The first kappa shape index (κ1) is 14.4. The maximum absolute atomic E-state index is 11.9. The number of nitrogens with zero attached hydrogens (tertiary/aromatic N) is 2. The van der Waals surface area contributed by atoms with Crippen LogP contribution in [0.1, 0.15) is 24.3 Å². The van der Waals surface area contributed by atoms with Crippen LogP contribution in [-0.2, 0) is 11.8 Å². The van der Waals surface area contributed by atoms with Gasteiger partial charge in [-0.15, -0.1) is 0 Å². The van der Waals surface area contributed by atoms with Crippen molar-refractivity contribution in [2.75, 3.05) is 5.32 Å². The van der Waals surface area contributed by atoms with Crippen molar-refractivity contribution >= 4 is 23.4 Å². The molecule has 2 aromatic rings. The summed E-state index contributed by atoms with van der Waals surface area (Å²) in [6.07, 6.45) is 0.616. The summed E-state index contributed by atoms with van der Waals surface area (Å²) in [6, 6.07) is 7.28. The predicted octanol–water partition coefficient (Wildman–Crippen LogP) is 3.69. The molecular formula is C14H16ClN3O2. The lowest BCUT2D eigenvalue weighted by Gasteiger charge is -2.15. The average molecular weight is 294 g/mol. The van der Waals surface area contributed by atoms with E-state index < -0.39 is 12.2 Å². The van der Waals surface area contributed by atoms with Gasteiger partial charge in [0.05, 0.1) is 17.6 Å². The van der Waals surface area contributed by atoms with Crippen LogP contribution in [-0.4, -0.2) is 15.9 Å². The van der Waals surface area contributed by atoms with Gasteiger partial charge >= 0.3 is 6.09 Å². The number of aryl methyl sites for hydroxylation is 1. The van der Waals surface area contributed by atoms with Gasteiger partial charge in [-0.25, -0.2) is 4.79 Å². The van der Waals surface area contributed by atoms with E-state index >= 15 is 0 Å². The van der Waals surface area contributed by atoms with Crippen molar-refractivity contribution in [2.24, 2.45) is 7.05 Å². The van der Waals surface area contributed by atoms with Crippen LogP contribution in [0.2, 0.25) is 5.02 Å². The first-order valence-electron chi connectivity index (χ1n) is 6.19. The normalized spacial score (nSPS) is 12.0. The molecule has 1 atom stereocenters. The molecule has 5 nitrogen and oxygen atoms in total. The van der Waals surface area contributed by atoms with Crippen LogP contribution in [0.4, 0.5) is 10.5 Å². The molecule has 6 heteroatoms. The number of carbonyl (C=O) groups excluding carboxylic acids is 1. The fraction of sp³-hybridized carbons (Fsp3) is 0.286. The second-order valence-electron chi connectivity index (χ2n) is 4.46. The van der Waals surface area contributed by atoms with Gasteiger partial charge in [-0.2, -0.15) is 5.10 Å². The van der Waals surface area contributed by atoms with E-state index in [0.29, 0.717) is 10.7 Å². The summed E-state index contributed by atoms with van der Waals surface area (Å²) >= 11 is 6.07. The number of hydrogen-bond donors (Lipinski definition) is 1. The van der Waals surface area contributed by atoms with E-state index in [1.54, 1.807) is 30.9 Å². The number of halogens is 1. The molecule has 0 aliphatic rings. The molecule has 0 aliphatic heterocycles. The number of benzene rings is 1. The van der Waals surface area contributed by atoms with Gasteiger partial charge in [0.25, 0.3) is 0 Å². The SMILES string of the molecule is Cc1c(NC(=O)OC(C)c2ccccc2Cl)cnn1C. The number of amides is 1. The van der Waals surface area contributed by atoms with Crippen molar-refractivity contribution in [2.45, 2.75) is 20.0 Å². The van der Waals surface area contributed by atoms with Gasteiger partial charge < -0.3 is 4.74 Å². The number of hydrogen-bond acceptors (Lipinski definition) is 3. The topological polar surface area (TPSA) is 56.1 Å². The molecule has 0 radical (unpaired) electrons. The highest BCUT2D eigenvalue weighted by molar-refractivity contribution is 6.31. The molecule has 0 saturated carbocycles. The Kier molecular flexibility index (Phi) is 4.29. The van der Waals surface area contributed by atoms with E-state index in [1.165, 1.54) is 0 Å². The van der Waals surface area contributed by atoms with Crippen LogP contribution in [0.25, 0.3) is 0 Å². The number of ether oxygens (including phenoxy) is 1. The molecular weight excluding hydrogens is 278 g/mol. The fourth-order valence-corrected chi connectivity index (χ4v) is 2.08. The molecule has 0 bridgehead atoms. The number of nitrogens with one attached hydrogen (secondary N) is 1. The van der Waals surface area contributed by atoms with Gasteiger partial charge in [0.15, 0.2) is 0 Å². The monoisotopic (exact) mass is 293 g/mol. The lowest BCUT2D eigenvalue weighted by Crippen LogP contribution is -2.16. The maximum atomic E-state index is 11.9. The van der Waals surface area contributed by atoms with Crippen molar-refractivity contribution in [3.05, 3.63) is 46.7 Å². The van der Waals surface area contributed by atoms with Gasteiger partial charge in [0, 0.05) is 17.6 Å². The summed E-state index contributed by atoms with van der Waals surface area (Å²) in [7, 11) is 1.80. The van der Waals surface area contributed by atoms with Gasteiger partial charge in [-0.3, -0.25) is 10.00 Å². The molecule has 106 valence electrons. The van der Waals surface area contributed by atoms with Crippen molar-refractivity contribution in [1.82, 2.24) is 9.78 Å². The van der Waals surface area contributed by atoms with Crippen LogP contribution in [0.3, 0.4) is 0 Å². The van der Waals surface area contributed by atoms with E-state index in [1.807, 2.05) is 25.1 Å². The van der Waals surface area contributed by atoms with Gasteiger partial charge in [-0.1, -0.05) is 29.8 Å². The Hall–Kier alpha value is -2.01. The minimum atomic E-state index is -0.534. The van der Waals surface area contributed by atoms with Crippen molar-refractivity contribution in [3.8, 4) is 0 Å². The van der Waals surface area contributed by atoms with E-state index in [0.717, 1.165) is 11.3 Å². The summed E-state index contributed by atoms with van der Waals surface area (Å²) in [4.78, 5) is 11.9. The van der Waals surface area contributed by atoms with E-state index in [9.17, 15) is 4.79 Å². The van der Waals surface area contributed by atoms with Crippen LogP contribution in [0.15, 0.2) is 30.5 Å². The van der Waals surface area contributed by atoms with Crippen molar-refractivity contribution in [1.29, 1.82) is 0 Å². The third-order valence-corrected chi connectivity index (χ3v) is 3.44. The van der Waals surface area contributed by atoms with Crippen LogP contribution >= 0.6 is 11.6 Å². The third kappa shape index (κ3) is 3.11. The van der Waals surface area contributed by atoms with E-state index in [-0.39, 0.29) is 0 Å². The molecule has 0 aliphatic carbocycles. The maximum Gasteiger partial charge on any atom is 0.412 e. The summed E-state index contributed by atoms with van der Waals surface area (Å²) < 4.78 is 6.99. The highest BCUT2D eigenvalue weighted by atomic mass is 35.5. The Morgan fingerprint density at radius 2 is 2.15 bits per heavy atom. The molecule has 1 unspecified atom stereocenters. The largest absolute Gasteiger partial charge is 0.441 e.